The molecule has 0 aliphatic rings. The number of nitriles is 1. The SMILES string of the molecule is Cc1ccc(NC(=O)COc2cccc(/C=C(/C#N)c3ccc(C(F)(F)F)cc3)c2)cc1C. The molecule has 0 bridgehead atoms. The molecule has 4 nitrogen and oxygen atoms in total. The van der Waals surface area contributed by atoms with E-state index in [1.54, 1.807) is 30.3 Å². The van der Waals surface area contributed by atoms with Gasteiger partial charge in [-0.25, -0.2) is 0 Å². The summed E-state index contributed by atoms with van der Waals surface area (Å²) in [6.07, 6.45) is -2.89. The fourth-order valence-corrected chi connectivity index (χ4v) is 3.04. The zero-order valence-electron chi connectivity index (χ0n) is 18.0. The van der Waals surface area contributed by atoms with Gasteiger partial charge in [0.2, 0.25) is 0 Å². The van der Waals surface area contributed by atoms with Crippen LogP contribution in [-0.2, 0) is 11.0 Å². The Morgan fingerprint density at radius 2 is 1.76 bits per heavy atom. The van der Waals surface area contributed by atoms with E-state index in [1.807, 2.05) is 38.1 Å². The molecule has 0 heterocycles. The largest absolute Gasteiger partial charge is 0.484 e. The number of hydrogen-bond acceptors (Lipinski definition) is 3. The minimum absolute atomic E-state index is 0.202. The van der Waals surface area contributed by atoms with Crippen molar-refractivity contribution < 1.29 is 22.7 Å². The monoisotopic (exact) mass is 450 g/mol. The molecule has 1 amide bonds. The second-order valence-corrected chi connectivity index (χ2v) is 7.45. The van der Waals surface area contributed by atoms with Gasteiger partial charge in [-0.2, -0.15) is 18.4 Å². The van der Waals surface area contributed by atoms with Gasteiger partial charge < -0.3 is 10.1 Å². The van der Waals surface area contributed by atoms with Crippen molar-refractivity contribution in [1.82, 2.24) is 0 Å². The Bertz CT molecular complexity index is 1220. The molecule has 0 saturated carbocycles. The summed E-state index contributed by atoms with van der Waals surface area (Å²) >= 11 is 0. The average molecular weight is 450 g/mol. The number of alkyl halides is 3. The summed E-state index contributed by atoms with van der Waals surface area (Å²) < 4.78 is 43.8. The molecular formula is C26H21F3N2O2. The van der Waals surface area contributed by atoms with E-state index in [0.29, 0.717) is 22.6 Å². The first-order chi connectivity index (χ1) is 15.7. The molecule has 0 unspecified atom stereocenters. The first-order valence-corrected chi connectivity index (χ1v) is 10.0. The molecule has 0 fully saturated rings. The zero-order valence-corrected chi connectivity index (χ0v) is 18.0. The van der Waals surface area contributed by atoms with Crippen molar-refractivity contribution in [2.45, 2.75) is 20.0 Å². The number of rotatable bonds is 6. The zero-order chi connectivity index (χ0) is 24.0. The number of aryl methyl sites for hydroxylation is 2. The molecule has 3 aromatic rings. The van der Waals surface area contributed by atoms with Gasteiger partial charge in [-0.1, -0.05) is 30.3 Å². The second-order valence-electron chi connectivity index (χ2n) is 7.45. The van der Waals surface area contributed by atoms with Gasteiger partial charge in [0.1, 0.15) is 5.75 Å². The van der Waals surface area contributed by atoms with Crippen molar-refractivity contribution in [3.05, 3.63) is 94.5 Å². The maximum absolute atomic E-state index is 12.8. The lowest BCUT2D eigenvalue weighted by atomic mass is 10.0. The van der Waals surface area contributed by atoms with Gasteiger partial charge in [0, 0.05) is 5.69 Å². The second kappa shape index (κ2) is 10.0. The number of carbonyl (C=O) groups excluding carboxylic acids is 1. The highest BCUT2D eigenvalue weighted by Gasteiger charge is 2.30. The van der Waals surface area contributed by atoms with E-state index in [9.17, 15) is 23.2 Å². The molecule has 0 atom stereocenters. The van der Waals surface area contributed by atoms with E-state index in [4.69, 9.17) is 4.74 Å². The first kappa shape index (κ1) is 23.6. The van der Waals surface area contributed by atoms with Crippen LogP contribution in [0.3, 0.4) is 0 Å². The normalized spacial score (nSPS) is 11.6. The number of anilines is 1. The summed E-state index contributed by atoms with van der Waals surface area (Å²) in [6.45, 7) is 3.74. The molecule has 1 N–H and O–H groups in total. The third kappa shape index (κ3) is 6.47. The lowest BCUT2D eigenvalue weighted by molar-refractivity contribution is -0.137. The Hall–Kier alpha value is -4.05. The van der Waals surface area contributed by atoms with Gasteiger partial charge in [-0.15, -0.1) is 0 Å². The van der Waals surface area contributed by atoms with Crippen molar-refractivity contribution in [3.63, 3.8) is 0 Å². The highest BCUT2D eigenvalue weighted by Crippen LogP contribution is 2.30. The molecule has 7 heteroatoms. The number of nitrogens with one attached hydrogen (secondary N) is 1. The standard InChI is InChI=1S/C26H21F3N2O2/c1-17-6-11-23(12-18(17)2)31-25(32)16-33-24-5-3-4-19(14-24)13-21(15-30)20-7-9-22(10-8-20)26(27,28)29/h3-14H,16H2,1-2H3,(H,31,32)/b21-13-. The van der Waals surface area contributed by atoms with Crippen LogP contribution in [-0.4, -0.2) is 12.5 Å². The van der Waals surface area contributed by atoms with Crippen molar-refractivity contribution in [2.75, 3.05) is 11.9 Å². The molecule has 0 aliphatic heterocycles. The highest BCUT2D eigenvalue weighted by molar-refractivity contribution is 5.92. The number of hydrogen-bond donors (Lipinski definition) is 1. The van der Waals surface area contributed by atoms with Crippen molar-refractivity contribution in [2.24, 2.45) is 0 Å². The number of carbonyl (C=O) groups is 1. The number of nitrogens with zero attached hydrogens (tertiary/aromatic N) is 1. The van der Waals surface area contributed by atoms with Crippen LogP contribution >= 0.6 is 0 Å². The lowest BCUT2D eigenvalue weighted by Gasteiger charge is -2.10. The van der Waals surface area contributed by atoms with Gasteiger partial charge in [0.05, 0.1) is 17.2 Å². The molecule has 168 valence electrons. The molecule has 33 heavy (non-hydrogen) atoms. The van der Waals surface area contributed by atoms with Crippen LogP contribution in [0.15, 0.2) is 66.7 Å². The quantitative estimate of drug-likeness (QED) is 0.349. The van der Waals surface area contributed by atoms with E-state index < -0.39 is 11.7 Å². The van der Waals surface area contributed by atoms with Crippen molar-refractivity contribution in [1.29, 1.82) is 5.26 Å². The van der Waals surface area contributed by atoms with Gasteiger partial charge in [0.15, 0.2) is 6.61 Å². The summed E-state index contributed by atoms with van der Waals surface area (Å²) in [6, 6.07) is 18.8. The first-order valence-electron chi connectivity index (χ1n) is 10.0. The number of allylic oxidation sites excluding steroid dienone is 1. The maximum atomic E-state index is 12.8. The van der Waals surface area contributed by atoms with Crippen LogP contribution in [0.4, 0.5) is 18.9 Å². The minimum Gasteiger partial charge on any atom is -0.484 e. The number of halogens is 3. The summed E-state index contributed by atoms with van der Waals surface area (Å²) in [5.74, 6) is 0.102. The van der Waals surface area contributed by atoms with E-state index >= 15 is 0 Å². The molecule has 0 spiro atoms. The average Bonchev–Trinajstić information content (AvgIpc) is 2.78. The maximum Gasteiger partial charge on any atom is 0.416 e. The van der Waals surface area contributed by atoms with Crippen LogP contribution in [0.1, 0.15) is 27.8 Å². The molecule has 3 rings (SSSR count). The Kier molecular flexibility index (Phi) is 7.19. The minimum atomic E-state index is -4.44. The van der Waals surface area contributed by atoms with Gasteiger partial charge in [0.25, 0.3) is 5.91 Å². The van der Waals surface area contributed by atoms with Crippen LogP contribution in [0.5, 0.6) is 5.75 Å². The third-order valence-corrected chi connectivity index (χ3v) is 4.97. The van der Waals surface area contributed by atoms with E-state index in [2.05, 4.69) is 5.32 Å². The molecule has 0 aliphatic carbocycles. The highest BCUT2D eigenvalue weighted by atomic mass is 19.4. The third-order valence-electron chi connectivity index (χ3n) is 4.97. The fourth-order valence-electron chi connectivity index (χ4n) is 3.04. The summed E-state index contributed by atoms with van der Waals surface area (Å²) in [5, 5.41) is 12.2. The summed E-state index contributed by atoms with van der Waals surface area (Å²) in [5.41, 5.74) is 3.27. The van der Waals surface area contributed by atoms with Crippen LogP contribution in [0, 0.1) is 25.2 Å². The summed E-state index contributed by atoms with van der Waals surface area (Å²) in [4.78, 5) is 12.2. The smallest absolute Gasteiger partial charge is 0.416 e. The molecule has 0 radical (unpaired) electrons. The Labute approximate surface area is 189 Å². The van der Waals surface area contributed by atoms with Gasteiger partial charge in [-0.3, -0.25) is 4.79 Å². The molecule has 0 aromatic heterocycles. The fraction of sp³-hybridized carbons (Fsp3) is 0.154. The van der Waals surface area contributed by atoms with E-state index in [-0.39, 0.29) is 18.1 Å². The molecule has 3 aromatic carbocycles. The number of benzene rings is 3. The molecular weight excluding hydrogens is 429 g/mol. The lowest BCUT2D eigenvalue weighted by Crippen LogP contribution is -2.20. The predicted octanol–water partition coefficient (Wildman–Crippen LogP) is 6.40. The van der Waals surface area contributed by atoms with Crippen molar-refractivity contribution in [3.8, 4) is 11.8 Å². The number of amides is 1. The molecule has 0 saturated heterocycles. The van der Waals surface area contributed by atoms with Gasteiger partial charge >= 0.3 is 6.18 Å². The Balaban J connectivity index is 1.68. The Morgan fingerprint density at radius 1 is 1.03 bits per heavy atom. The van der Waals surface area contributed by atoms with E-state index in [1.165, 1.54) is 12.1 Å². The topological polar surface area (TPSA) is 62.1 Å². The number of ether oxygens (including phenoxy) is 1. The van der Waals surface area contributed by atoms with Crippen LogP contribution < -0.4 is 10.1 Å². The van der Waals surface area contributed by atoms with Crippen molar-refractivity contribution >= 4 is 23.2 Å². The van der Waals surface area contributed by atoms with Crippen LogP contribution in [0.25, 0.3) is 11.6 Å². The van der Waals surface area contributed by atoms with Gasteiger partial charge in [-0.05, 0) is 78.6 Å². The predicted molar refractivity (Wildman–Crippen MR) is 121 cm³/mol. The van der Waals surface area contributed by atoms with E-state index in [0.717, 1.165) is 23.3 Å². The summed E-state index contributed by atoms with van der Waals surface area (Å²) in [7, 11) is 0. The van der Waals surface area contributed by atoms with Crippen LogP contribution in [0.2, 0.25) is 0 Å². The Morgan fingerprint density at radius 3 is 2.39 bits per heavy atom.